The summed E-state index contributed by atoms with van der Waals surface area (Å²) in [5, 5.41) is 16.1. The van der Waals surface area contributed by atoms with Crippen LogP contribution in [0.1, 0.15) is 54.6 Å². The van der Waals surface area contributed by atoms with Crippen LogP contribution in [0, 0.1) is 24.7 Å². The standard InChI is InChI=1S/C27H33N3O3/c1-18-8-9-22(16-19(18)2)21-10-13-30(14-11-21)12-5-15-31-24-6-4-7-25-23(24)17-26(33-25)27(29)32-20(3)28/h4,6-9,16-17,21,28-29H,5,10-15H2,1-3H3. The first kappa shape index (κ1) is 23.1. The Bertz CT molecular complexity index is 1140. The van der Waals surface area contributed by atoms with Crippen LogP contribution in [0.3, 0.4) is 0 Å². The number of benzene rings is 2. The lowest BCUT2D eigenvalue weighted by Crippen LogP contribution is -2.34. The van der Waals surface area contributed by atoms with Crippen molar-refractivity contribution in [3.8, 4) is 5.75 Å². The Morgan fingerprint density at radius 3 is 2.58 bits per heavy atom. The molecule has 1 saturated heterocycles. The van der Waals surface area contributed by atoms with Crippen molar-refractivity contribution in [1.82, 2.24) is 4.90 Å². The Hall–Kier alpha value is -3.12. The molecule has 6 heteroatoms. The monoisotopic (exact) mass is 447 g/mol. The SMILES string of the molecule is CC(=N)OC(=N)c1cc2c(OCCCN3CCC(c4ccc(C)c(C)c4)CC3)cccc2o1. The normalized spacial score (nSPS) is 15.0. The van der Waals surface area contributed by atoms with Gasteiger partial charge in [0.25, 0.3) is 5.90 Å². The smallest absolute Gasteiger partial charge is 0.256 e. The van der Waals surface area contributed by atoms with Crippen LogP contribution in [0.5, 0.6) is 5.75 Å². The van der Waals surface area contributed by atoms with Gasteiger partial charge in [-0.3, -0.25) is 10.8 Å². The number of fused-ring (bicyclic) bond motifs is 1. The minimum atomic E-state index is -0.172. The van der Waals surface area contributed by atoms with E-state index in [9.17, 15) is 0 Å². The largest absolute Gasteiger partial charge is 0.493 e. The lowest BCUT2D eigenvalue weighted by atomic mass is 9.88. The lowest BCUT2D eigenvalue weighted by Gasteiger charge is -2.32. The van der Waals surface area contributed by atoms with Gasteiger partial charge in [0, 0.05) is 19.5 Å². The molecular weight excluding hydrogens is 414 g/mol. The summed E-state index contributed by atoms with van der Waals surface area (Å²) in [4.78, 5) is 2.54. The van der Waals surface area contributed by atoms with Crippen LogP contribution >= 0.6 is 0 Å². The molecule has 0 aliphatic carbocycles. The molecule has 0 amide bonds. The van der Waals surface area contributed by atoms with Crippen molar-refractivity contribution in [2.45, 2.75) is 46.0 Å². The summed E-state index contributed by atoms with van der Waals surface area (Å²) in [7, 11) is 0. The molecule has 0 atom stereocenters. The first-order valence-corrected chi connectivity index (χ1v) is 11.7. The third kappa shape index (κ3) is 5.63. The van der Waals surface area contributed by atoms with Gasteiger partial charge in [0.1, 0.15) is 11.3 Å². The van der Waals surface area contributed by atoms with E-state index in [2.05, 4.69) is 36.9 Å². The van der Waals surface area contributed by atoms with Gasteiger partial charge >= 0.3 is 0 Å². The predicted octanol–water partition coefficient (Wildman–Crippen LogP) is 6.04. The van der Waals surface area contributed by atoms with Gasteiger partial charge in [-0.25, -0.2) is 0 Å². The highest BCUT2D eigenvalue weighted by atomic mass is 16.5. The molecule has 4 rings (SSSR count). The number of hydrogen-bond acceptors (Lipinski definition) is 6. The van der Waals surface area contributed by atoms with Crippen molar-refractivity contribution in [2.24, 2.45) is 0 Å². The zero-order valence-corrected chi connectivity index (χ0v) is 19.7. The molecule has 174 valence electrons. The molecule has 3 aromatic rings. The second-order valence-corrected chi connectivity index (χ2v) is 8.93. The van der Waals surface area contributed by atoms with Crippen LogP contribution in [0.4, 0.5) is 0 Å². The van der Waals surface area contributed by atoms with Gasteiger partial charge in [-0.2, -0.15) is 0 Å². The number of nitrogens with one attached hydrogen (secondary N) is 2. The second-order valence-electron chi connectivity index (χ2n) is 8.93. The fourth-order valence-electron chi connectivity index (χ4n) is 4.45. The third-order valence-electron chi connectivity index (χ3n) is 6.47. The lowest BCUT2D eigenvalue weighted by molar-refractivity contribution is 0.193. The third-order valence-corrected chi connectivity index (χ3v) is 6.47. The van der Waals surface area contributed by atoms with Gasteiger partial charge in [0.15, 0.2) is 11.7 Å². The van der Waals surface area contributed by atoms with Crippen molar-refractivity contribution in [3.63, 3.8) is 0 Å². The Morgan fingerprint density at radius 2 is 1.85 bits per heavy atom. The summed E-state index contributed by atoms with van der Waals surface area (Å²) < 4.78 is 16.8. The molecule has 1 aliphatic rings. The first-order valence-electron chi connectivity index (χ1n) is 11.7. The highest BCUT2D eigenvalue weighted by Crippen LogP contribution is 2.30. The first-order chi connectivity index (χ1) is 15.9. The molecule has 33 heavy (non-hydrogen) atoms. The number of rotatable bonds is 7. The van der Waals surface area contributed by atoms with Crippen LogP contribution in [0.2, 0.25) is 0 Å². The molecule has 0 spiro atoms. The second kappa shape index (κ2) is 10.2. The molecule has 0 saturated carbocycles. The van der Waals surface area contributed by atoms with E-state index in [-0.39, 0.29) is 11.8 Å². The Morgan fingerprint density at radius 1 is 1.06 bits per heavy atom. The van der Waals surface area contributed by atoms with E-state index in [1.54, 1.807) is 6.07 Å². The van der Waals surface area contributed by atoms with Crippen LogP contribution in [0.15, 0.2) is 46.9 Å². The molecule has 0 unspecified atom stereocenters. The average Bonchev–Trinajstić information content (AvgIpc) is 3.24. The molecule has 1 aromatic heterocycles. The van der Waals surface area contributed by atoms with Crippen molar-refractivity contribution in [2.75, 3.05) is 26.2 Å². The molecular formula is C27H33N3O3. The van der Waals surface area contributed by atoms with Crippen LogP contribution in [-0.4, -0.2) is 42.9 Å². The Kier molecular flexibility index (Phi) is 7.14. The molecule has 0 bridgehead atoms. The van der Waals surface area contributed by atoms with Gasteiger partial charge in [-0.1, -0.05) is 24.3 Å². The van der Waals surface area contributed by atoms with Gasteiger partial charge < -0.3 is 18.8 Å². The van der Waals surface area contributed by atoms with Crippen molar-refractivity contribution >= 4 is 22.8 Å². The van der Waals surface area contributed by atoms with E-state index in [0.29, 0.717) is 23.9 Å². The average molecular weight is 448 g/mol. The van der Waals surface area contributed by atoms with E-state index in [4.69, 9.17) is 24.7 Å². The maximum Gasteiger partial charge on any atom is 0.256 e. The molecule has 2 N–H and O–H groups in total. The highest BCUT2D eigenvalue weighted by Gasteiger charge is 2.20. The van der Waals surface area contributed by atoms with Crippen molar-refractivity contribution < 1.29 is 13.9 Å². The summed E-state index contributed by atoms with van der Waals surface area (Å²) in [6.07, 6.45) is 3.38. The van der Waals surface area contributed by atoms with E-state index in [1.165, 1.54) is 36.5 Å². The topological polar surface area (TPSA) is 82.5 Å². The van der Waals surface area contributed by atoms with Gasteiger partial charge in [-0.05, 0) is 80.9 Å². The molecule has 6 nitrogen and oxygen atoms in total. The van der Waals surface area contributed by atoms with E-state index >= 15 is 0 Å². The maximum atomic E-state index is 7.93. The number of ether oxygens (including phenoxy) is 2. The number of hydrogen-bond donors (Lipinski definition) is 2. The molecule has 2 aromatic carbocycles. The predicted molar refractivity (Wildman–Crippen MR) is 132 cm³/mol. The molecule has 1 aliphatic heterocycles. The van der Waals surface area contributed by atoms with E-state index in [0.717, 1.165) is 37.2 Å². The number of likely N-dealkylation sites (tertiary alicyclic amines) is 1. The zero-order valence-electron chi connectivity index (χ0n) is 19.7. The van der Waals surface area contributed by atoms with Gasteiger partial charge in [-0.15, -0.1) is 0 Å². The number of nitrogens with zero attached hydrogens (tertiary/aromatic N) is 1. The minimum Gasteiger partial charge on any atom is -0.493 e. The van der Waals surface area contributed by atoms with E-state index < -0.39 is 0 Å². The summed E-state index contributed by atoms with van der Waals surface area (Å²) in [6, 6.07) is 14.3. The number of aryl methyl sites for hydroxylation is 2. The van der Waals surface area contributed by atoms with Crippen LogP contribution < -0.4 is 4.74 Å². The van der Waals surface area contributed by atoms with Gasteiger partial charge in [0.05, 0.1) is 12.0 Å². The van der Waals surface area contributed by atoms with Crippen LogP contribution in [-0.2, 0) is 4.74 Å². The van der Waals surface area contributed by atoms with Crippen molar-refractivity contribution in [1.29, 1.82) is 10.8 Å². The summed E-state index contributed by atoms with van der Waals surface area (Å²) >= 11 is 0. The van der Waals surface area contributed by atoms with E-state index in [1.807, 2.05) is 18.2 Å². The highest BCUT2D eigenvalue weighted by molar-refractivity contribution is 6.00. The molecule has 0 radical (unpaired) electrons. The fraction of sp³-hybridized carbons (Fsp3) is 0.407. The quantitative estimate of drug-likeness (QED) is 0.263. The van der Waals surface area contributed by atoms with Gasteiger partial charge in [0.2, 0.25) is 0 Å². The summed E-state index contributed by atoms with van der Waals surface area (Å²) in [5.41, 5.74) is 4.89. The zero-order chi connectivity index (χ0) is 23.4. The fourth-order valence-corrected chi connectivity index (χ4v) is 4.45. The Balaban J connectivity index is 1.25. The number of furan rings is 1. The van der Waals surface area contributed by atoms with Crippen molar-refractivity contribution in [3.05, 3.63) is 64.9 Å². The summed E-state index contributed by atoms with van der Waals surface area (Å²) in [5.74, 6) is 1.49. The Labute approximate surface area is 195 Å². The molecule has 1 fully saturated rings. The minimum absolute atomic E-state index is 0.0463. The summed E-state index contributed by atoms with van der Waals surface area (Å²) in [6.45, 7) is 9.78. The molecule has 2 heterocycles. The van der Waals surface area contributed by atoms with Crippen LogP contribution in [0.25, 0.3) is 11.0 Å². The number of piperidine rings is 1. The maximum absolute atomic E-state index is 7.93.